The van der Waals surface area contributed by atoms with Crippen LogP contribution in [0.4, 0.5) is 14.5 Å². The molecule has 0 N–H and O–H groups in total. The summed E-state index contributed by atoms with van der Waals surface area (Å²) in [6, 6.07) is 14.5. The zero-order valence-corrected chi connectivity index (χ0v) is 19.5. The number of hydrogen-bond acceptors (Lipinski definition) is 4. The highest BCUT2D eigenvalue weighted by atomic mass is 32.1. The minimum Gasteiger partial charge on any atom is -0.367 e. The molecule has 33 heavy (non-hydrogen) atoms. The second-order valence-electron chi connectivity index (χ2n) is 8.92. The lowest BCUT2D eigenvalue weighted by molar-refractivity contribution is 0.148. The van der Waals surface area contributed by atoms with E-state index in [0.717, 1.165) is 58.9 Å². The molecule has 2 fully saturated rings. The van der Waals surface area contributed by atoms with Gasteiger partial charge in [-0.1, -0.05) is 25.3 Å². The second kappa shape index (κ2) is 10.1. The Bertz CT molecular complexity index is 1210. The number of piperazine rings is 1. The highest BCUT2D eigenvalue weighted by Gasteiger charge is 2.26. The summed E-state index contributed by atoms with van der Waals surface area (Å²) in [6.45, 7) is 4.09. The minimum absolute atomic E-state index is 0.161. The van der Waals surface area contributed by atoms with Gasteiger partial charge < -0.3 is 4.90 Å². The van der Waals surface area contributed by atoms with Crippen molar-refractivity contribution in [3.05, 3.63) is 71.7 Å². The van der Waals surface area contributed by atoms with Gasteiger partial charge >= 0.3 is 0 Å². The molecule has 0 radical (unpaired) electrons. The molecule has 172 valence electrons. The molecule has 6 rings (SSSR count). The Kier molecular flexibility index (Phi) is 6.83. The number of thiophene rings is 1. The van der Waals surface area contributed by atoms with Crippen molar-refractivity contribution in [1.82, 2.24) is 9.88 Å². The largest absolute Gasteiger partial charge is 0.367 e. The topological polar surface area (TPSA) is 19.4 Å². The summed E-state index contributed by atoms with van der Waals surface area (Å²) in [6.07, 6.45) is 8.65. The highest BCUT2D eigenvalue weighted by molar-refractivity contribution is 7.17. The molecule has 2 aromatic heterocycles. The van der Waals surface area contributed by atoms with Crippen LogP contribution in [0, 0.1) is 11.6 Å². The van der Waals surface area contributed by atoms with Gasteiger partial charge in [0, 0.05) is 48.5 Å². The van der Waals surface area contributed by atoms with E-state index in [-0.39, 0.29) is 11.6 Å². The van der Waals surface area contributed by atoms with Crippen LogP contribution in [0.25, 0.3) is 21.0 Å². The molecule has 1 aliphatic carbocycles. The van der Waals surface area contributed by atoms with Gasteiger partial charge in [0.05, 0.1) is 11.2 Å². The Labute approximate surface area is 197 Å². The molecule has 1 aliphatic heterocycles. The van der Waals surface area contributed by atoms with Crippen LogP contribution >= 0.6 is 11.3 Å². The van der Waals surface area contributed by atoms with Crippen molar-refractivity contribution in [2.75, 3.05) is 31.1 Å². The SMILES string of the molecule is Fc1cc(N2CCN(C3CCCCC3)CC2)c2ncccc2c1.Fc1ccc2sccc2c1. The van der Waals surface area contributed by atoms with E-state index in [9.17, 15) is 8.78 Å². The van der Waals surface area contributed by atoms with Crippen molar-refractivity contribution < 1.29 is 8.78 Å². The molecule has 1 saturated heterocycles. The monoisotopic (exact) mass is 465 g/mol. The van der Waals surface area contributed by atoms with E-state index >= 15 is 0 Å². The van der Waals surface area contributed by atoms with Gasteiger partial charge in [-0.25, -0.2) is 8.78 Å². The Hall–Kier alpha value is -2.57. The second-order valence-corrected chi connectivity index (χ2v) is 9.87. The van der Waals surface area contributed by atoms with E-state index in [1.165, 1.54) is 38.2 Å². The first-order chi connectivity index (χ1) is 16.2. The molecule has 0 amide bonds. The van der Waals surface area contributed by atoms with Crippen LogP contribution in [0.15, 0.2) is 60.1 Å². The molecule has 3 nitrogen and oxygen atoms in total. The minimum atomic E-state index is -0.171. The van der Waals surface area contributed by atoms with Gasteiger partial charge in [-0.15, -0.1) is 11.3 Å². The van der Waals surface area contributed by atoms with Crippen molar-refractivity contribution >= 4 is 38.0 Å². The summed E-state index contributed by atoms with van der Waals surface area (Å²) in [5, 5.41) is 3.84. The maximum atomic E-state index is 14.0. The van der Waals surface area contributed by atoms with E-state index in [1.807, 2.05) is 23.6 Å². The van der Waals surface area contributed by atoms with Crippen LogP contribution < -0.4 is 4.90 Å². The van der Waals surface area contributed by atoms with Crippen molar-refractivity contribution in [3.8, 4) is 0 Å². The molecule has 0 bridgehead atoms. The smallest absolute Gasteiger partial charge is 0.126 e. The van der Waals surface area contributed by atoms with E-state index in [0.29, 0.717) is 0 Å². The van der Waals surface area contributed by atoms with Crippen LogP contribution in [0.5, 0.6) is 0 Å². The van der Waals surface area contributed by atoms with E-state index in [1.54, 1.807) is 41.8 Å². The van der Waals surface area contributed by atoms with E-state index < -0.39 is 0 Å². The van der Waals surface area contributed by atoms with Crippen LogP contribution in [-0.2, 0) is 0 Å². The first-order valence-electron chi connectivity index (χ1n) is 11.8. The van der Waals surface area contributed by atoms with E-state index in [2.05, 4.69) is 14.8 Å². The van der Waals surface area contributed by atoms with E-state index in [4.69, 9.17) is 0 Å². The predicted molar refractivity (Wildman–Crippen MR) is 134 cm³/mol. The zero-order valence-electron chi connectivity index (χ0n) is 18.7. The first-order valence-corrected chi connectivity index (χ1v) is 12.7. The van der Waals surface area contributed by atoms with Gasteiger partial charge in [0.1, 0.15) is 11.6 Å². The molecular weight excluding hydrogens is 436 g/mol. The highest BCUT2D eigenvalue weighted by Crippen LogP contribution is 2.29. The molecule has 6 heteroatoms. The fourth-order valence-corrected chi connectivity index (χ4v) is 5.86. The number of aromatic nitrogens is 1. The molecule has 4 aromatic rings. The average molecular weight is 466 g/mol. The van der Waals surface area contributed by atoms with Gasteiger partial charge in [0.25, 0.3) is 0 Å². The third-order valence-electron chi connectivity index (χ3n) is 6.81. The number of rotatable bonds is 2. The number of halogens is 2. The summed E-state index contributed by atoms with van der Waals surface area (Å²) in [7, 11) is 0. The lowest BCUT2D eigenvalue weighted by Gasteiger charge is -2.41. The lowest BCUT2D eigenvalue weighted by Crippen LogP contribution is -2.51. The third kappa shape index (κ3) is 5.17. The summed E-state index contributed by atoms with van der Waals surface area (Å²) >= 11 is 1.63. The van der Waals surface area contributed by atoms with Crippen LogP contribution in [0.2, 0.25) is 0 Å². The zero-order chi connectivity index (χ0) is 22.6. The number of fused-ring (bicyclic) bond motifs is 2. The quantitative estimate of drug-likeness (QED) is 0.322. The number of benzene rings is 2. The molecule has 2 aromatic carbocycles. The summed E-state index contributed by atoms with van der Waals surface area (Å²) in [5.41, 5.74) is 1.86. The van der Waals surface area contributed by atoms with Crippen LogP contribution in [0.1, 0.15) is 32.1 Å². The number of hydrogen-bond donors (Lipinski definition) is 0. The van der Waals surface area contributed by atoms with Crippen molar-refractivity contribution in [2.24, 2.45) is 0 Å². The van der Waals surface area contributed by atoms with Crippen molar-refractivity contribution in [2.45, 2.75) is 38.1 Å². The Balaban J connectivity index is 0.000000190. The van der Waals surface area contributed by atoms with Gasteiger partial charge in [0.15, 0.2) is 0 Å². The predicted octanol–water partition coefficient (Wildman–Crippen LogP) is 6.87. The third-order valence-corrected chi connectivity index (χ3v) is 7.71. The average Bonchev–Trinajstić information content (AvgIpc) is 3.32. The van der Waals surface area contributed by atoms with Crippen LogP contribution in [-0.4, -0.2) is 42.1 Å². The number of nitrogens with zero attached hydrogens (tertiary/aromatic N) is 3. The summed E-state index contributed by atoms with van der Waals surface area (Å²) in [4.78, 5) is 9.43. The Morgan fingerprint density at radius 2 is 1.61 bits per heavy atom. The Morgan fingerprint density at radius 3 is 2.42 bits per heavy atom. The van der Waals surface area contributed by atoms with Gasteiger partial charge in [-0.05, 0) is 66.1 Å². The molecule has 0 unspecified atom stereocenters. The lowest BCUT2D eigenvalue weighted by atomic mass is 9.94. The maximum Gasteiger partial charge on any atom is 0.126 e. The van der Waals surface area contributed by atoms with Gasteiger partial charge in [0.2, 0.25) is 0 Å². The molecule has 3 heterocycles. The molecular formula is C27H29F2N3S. The fraction of sp³-hybridized carbons (Fsp3) is 0.370. The van der Waals surface area contributed by atoms with Crippen LogP contribution in [0.3, 0.4) is 0 Å². The normalized spacial score (nSPS) is 17.8. The standard InChI is InChI=1S/C19H24FN3.C8H5FS/c20-16-13-15-5-4-8-21-19(15)18(14-16)23-11-9-22(10-12-23)17-6-2-1-3-7-17;9-7-1-2-8-6(5-7)3-4-10-8/h4-5,8,13-14,17H,1-3,6-7,9-12H2;1-5H. The fourth-order valence-electron chi connectivity index (χ4n) is 5.09. The molecule has 1 saturated carbocycles. The number of pyridine rings is 1. The first kappa shape index (κ1) is 22.2. The molecule has 0 spiro atoms. The maximum absolute atomic E-state index is 14.0. The Morgan fingerprint density at radius 1 is 0.818 bits per heavy atom. The van der Waals surface area contributed by atoms with Crippen molar-refractivity contribution in [1.29, 1.82) is 0 Å². The number of anilines is 1. The summed E-state index contributed by atoms with van der Waals surface area (Å²) in [5.74, 6) is -0.332. The van der Waals surface area contributed by atoms with Gasteiger partial charge in [-0.2, -0.15) is 0 Å². The van der Waals surface area contributed by atoms with Gasteiger partial charge in [-0.3, -0.25) is 9.88 Å². The molecule has 2 aliphatic rings. The van der Waals surface area contributed by atoms with Crippen molar-refractivity contribution in [3.63, 3.8) is 0 Å². The molecule has 0 atom stereocenters. The summed E-state index contributed by atoms with van der Waals surface area (Å²) < 4.78 is 27.6.